The Morgan fingerprint density at radius 1 is 1.06 bits per heavy atom. The second-order valence-corrected chi connectivity index (χ2v) is 4.01. The van der Waals surface area contributed by atoms with E-state index < -0.39 is 0 Å². The molecule has 0 unspecified atom stereocenters. The third-order valence-electron chi connectivity index (χ3n) is 2.25. The minimum Gasteiger partial charge on any atom is -0.396 e. The first-order valence-corrected chi connectivity index (χ1v) is 5.95. The maximum absolute atomic E-state index is 11.1. The van der Waals surface area contributed by atoms with Crippen LogP contribution in [-0.4, -0.2) is 56.4 Å². The first kappa shape index (κ1) is 15.2. The van der Waals surface area contributed by atoms with E-state index in [1.165, 1.54) is 4.90 Å². The topological polar surface area (TPSA) is 64.6 Å². The Balaban J connectivity index is 3.07. The molecule has 2 amide bonds. The van der Waals surface area contributed by atoms with Crippen molar-refractivity contribution in [1.29, 1.82) is 0 Å². The number of aliphatic hydroxyl groups is 1. The lowest BCUT2D eigenvalue weighted by Crippen LogP contribution is -2.38. The summed E-state index contributed by atoms with van der Waals surface area (Å²) in [7, 11) is 3.45. The number of urea groups is 1. The van der Waals surface area contributed by atoms with Gasteiger partial charge in [0.25, 0.3) is 0 Å². The summed E-state index contributed by atoms with van der Waals surface area (Å²) in [6.45, 7) is 2.74. The van der Waals surface area contributed by atoms with Crippen molar-refractivity contribution in [2.45, 2.75) is 25.7 Å². The molecule has 0 aliphatic rings. The molecule has 0 aliphatic heterocycles. The van der Waals surface area contributed by atoms with Crippen LogP contribution < -0.4 is 10.6 Å². The number of nitrogens with one attached hydrogen (secondary N) is 2. The lowest BCUT2D eigenvalue weighted by atomic mass is 10.2. The van der Waals surface area contributed by atoms with Crippen LogP contribution in [0.1, 0.15) is 25.7 Å². The van der Waals surface area contributed by atoms with Crippen molar-refractivity contribution in [2.24, 2.45) is 0 Å². The number of hydrogen-bond acceptors (Lipinski definition) is 3. The van der Waals surface area contributed by atoms with Crippen LogP contribution in [0.25, 0.3) is 0 Å². The second-order valence-electron chi connectivity index (χ2n) is 4.01. The van der Waals surface area contributed by atoms with Crippen LogP contribution in [0.5, 0.6) is 0 Å². The van der Waals surface area contributed by atoms with Crippen molar-refractivity contribution in [3.05, 3.63) is 0 Å². The van der Waals surface area contributed by atoms with Crippen LogP contribution >= 0.6 is 0 Å². The van der Waals surface area contributed by atoms with Gasteiger partial charge in [0, 0.05) is 33.8 Å². The molecule has 3 N–H and O–H groups in total. The van der Waals surface area contributed by atoms with Crippen LogP contribution in [0.15, 0.2) is 0 Å². The summed E-state index contributed by atoms with van der Waals surface area (Å²) in [6, 6.07) is -0.0512. The zero-order chi connectivity index (χ0) is 12.2. The van der Waals surface area contributed by atoms with Crippen LogP contribution in [0, 0.1) is 0 Å². The van der Waals surface area contributed by atoms with E-state index in [4.69, 9.17) is 5.11 Å². The highest BCUT2D eigenvalue weighted by Gasteiger charge is 1.99. The first-order valence-electron chi connectivity index (χ1n) is 5.95. The SMILES string of the molecule is CN(C)C(=O)NCCNCCCCCCO. The Hall–Kier alpha value is -0.810. The zero-order valence-corrected chi connectivity index (χ0v) is 10.5. The van der Waals surface area contributed by atoms with Gasteiger partial charge < -0.3 is 20.6 Å². The van der Waals surface area contributed by atoms with Crippen molar-refractivity contribution in [1.82, 2.24) is 15.5 Å². The van der Waals surface area contributed by atoms with Gasteiger partial charge in [0.1, 0.15) is 0 Å². The maximum Gasteiger partial charge on any atom is 0.316 e. The molecule has 0 heterocycles. The van der Waals surface area contributed by atoms with Crippen molar-refractivity contribution in [2.75, 3.05) is 40.3 Å². The van der Waals surface area contributed by atoms with Crippen molar-refractivity contribution >= 4 is 6.03 Å². The van der Waals surface area contributed by atoms with Gasteiger partial charge in [-0.1, -0.05) is 12.8 Å². The Bertz CT molecular complexity index is 175. The lowest BCUT2D eigenvalue weighted by molar-refractivity contribution is 0.217. The number of carbonyl (C=O) groups is 1. The number of amides is 2. The Labute approximate surface area is 98.2 Å². The largest absolute Gasteiger partial charge is 0.396 e. The molecule has 0 rings (SSSR count). The molecule has 0 spiro atoms. The van der Waals surface area contributed by atoms with Crippen molar-refractivity contribution in [3.8, 4) is 0 Å². The van der Waals surface area contributed by atoms with Gasteiger partial charge in [0.2, 0.25) is 0 Å². The quantitative estimate of drug-likeness (QED) is 0.503. The molecule has 0 aromatic rings. The zero-order valence-electron chi connectivity index (χ0n) is 10.5. The van der Waals surface area contributed by atoms with E-state index in [0.717, 1.165) is 38.8 Å². The molecule has 16 heavy (non-hydrogen) atoms. The summed E-state index contributed by atoms with van der Waals surface area (Å²) in [5.41, 5.74) is 0. The maximum atomic E-state index is 11.1. The molecule has 0 atom stereocenters. The number of carbonyl (C=O) groups excluding carboxylic acids is 1. The van der Waals surface area contributed by atoms with Gasteiger partial charge in [0.15, 0.2) is 0 Å². The highest BCUT2D eigenvalue weighted by Crippen LogP contribution is 1.97. The minimum absolute atomic E-state index is 0.0512. The average molecular weight is 231 g/mol. The molecule has 0 saturated carbocycles. The Morgan fingerprint density at radius 3 is 2.38 bits per heavy atom. The fourth-order valence-corrected chi connectivity index (χ4v) is 1.26. The number of unbranched alkanes of at least 4 members (excludes halogenated alkanes) is 3. The predicted molar refractivity (Wildman–Crippen MR) is 65.5 cm³/mol. The van der Waals surface area contributed by atoms with Crippen molar-refractivity contribution in [3.63, 3.8) is 0 Å². The van der Waals surface area contributed by atoms with E-state index in [1.54, 1.807) is 14.1 Å². The number of aliphatic hydroxyl groups excluding tert-OH is 1. The molecule has 96 valence electrons. The van der Waals surface area contributed by atoms with E-state index >= 15 is 0 Å². The molecular weight excluding hydrogens is 206 g/mol. The van der Waals surface area contributed by atoms with E-state index in [9.17, 15) is 4.79 Å². The van der Waals surface area contributed by atoms with Crippen LogP contribution in [0.4, 0.5) is 4.79 Å². The Kier molecular flexibility index (Phi) is 10.2. The van der Waals surface area contributed by atoms with Gasteiger partial charge in [-0.2, -0.15) is 0 Å². The van der Waals surface area contributed by atoms with E-state index in [-0.39, 0.29) is 6.03 Å². The third kappa shape index (κ3) is 9.73. The lowest BCUT2D eigenvalue weighted by Gasteiger charge is -2.12. The average Bonchev–Trinajstić information content (AvgIpc) is 2.26. The molecule has 0 saturated heterocycles. The molecule has 5 heteroatoms. The van der Waals surface area contributed by atoms with Gasteiger partial charge in [-0.05, 0) is 19.4 Å². The van der Waals surface area contributed by atoms with Crippen LogP contribution in [-0.2, 0) is 0 Å². The molecule has 5 nitrogen and oxygen atoms in total. The second kappa shape index (κ2) is 10.7. The highest BCUT2D eigenvalue weighted by atomic mass is 16.2. The molecular formula is C11H25N3O2. The molecule has 0 aliphatic carbocycles. The first-order chi connectivity index (χ1) is 7.68. The fourth-order valence-electron chi connectivity index (χ4n) is 1.26. The van der Waals surface area contributed by atoms with Gasteiger partial charge in [-0.15, -0.1) is 0 Å². The fraction of sp³-hybridized carbons (Fsp3) is 0.909. The Morgan fingerprint density at radius 2 is 1.75 bits per heavy atom. The monoisotopic (exact) mass is 231 g/mol. The molecule has 0 aromatic heterocycles. The molecule has 0 aromatic carbocycles. The summed E-state index contributed by atoms with van der Waals surface area (Å²) in [5, 5.41) is 14.6. The van der Waals surface area contributed by atoms with Crippen molar-refractivity contribution < 1.29 is 9.90 Å². The summed E-state index contributed by atoms with van der Waals surface area (Å²) in [5.74, 6) is 0. The number of nitrogens with zero attached hydrogens (tertiary/aromatic N) is 1. The highest BCUT2D eigenvalue weighted by molar-refractivity contribution is 5.73. The summed E-state index contributed by atoms with van der Waals surface area (Å²) in [4.78, 5) is 12.6. The summed E-state index contributed by atoms with van der Waals surface area (Å²) >= 11 is 0. The van der Waals surface area contributed by atoms with Gasteiger partial charge in [-0.3, -0.25) is 0 Å². The third-order valence-corrected chi connectivity index (χ3v) is 2.25. The van der Waals surface area contributed by atoms with Gasteiger partial charge in [-0.25, -0.2) is 4.79 Å². The van der Waals surface area contributed by atoms with Crippen LogP contribution in [0.2, 0.25) is 0 Å². The smallest absolute Gasteiger partial charge is 0.316 e. The summed E-state index contributed by atoms with van der Waals surface area (Å²) < 4.78 is 0. The van der Waals surface area contributed by atoms with Gasteiger partial charge in [0.05, 0.1) is 0 Å². The number of hydrogen-bond donors (Lipinski definition) is 3. The standard InChI is InChI=1S/C11H25N3O2/c1-14(2)11(16)13-9-8-12-7-5-3-4-6-10-15/h12,15H,3-10H2,1-2H3,(H,13,16). The minimum atomic E-state index is -0.0512. The van der Waals surface area contributed by atoms with Crippen LogP contribution in [0.3, 0.4) is 0 Å². The van der Waals surface area contributed by atoms with E-state index in [0.29, 0.717) is 13.2 Å². The molecule has 0 bridgehead atoms. The van der Waals surface area contributed by atoms with Gasteiger partial charge >= 0.3 is 6.03 Å². The normalized spacial score (nSPS) is 10.2. The molecule has 0 fully saturated rings. The predicted octanol–water partition coefficient (Wildman–Crippen LogP) is 0.400. The van der Waals surface area contributed by atoms with E-state index in [2.05, 4.69) is 10.6 Å². The molecule has 0 radical (unpaired) electrons. The van der Waals surface area contributed by atoms with E-state index in [1.807, 2.05) is 0 Å². The summed E-state index contributed by atoms with van der Waals surface area (Å²) in [6.07, 6.45) is 4.27. The number of rotatable bonds is 9.